The number of aromatic nitrogens is 4. The quantitative estimate of drug-likeness (QED) is 0.865. The van der Waals surface area contributed by atoms with Crippen molar-refractivity contribution in [3.8, 4) is 6.07 Å². The van der Waals surface area contributed by atoms with Crippen LogP contribution in [-0.2, 0) is 19.5 Å². The minimum atomic E-state index is 0.374. The molecule has 114 valence electrons. The number of hydrogen-bond acceptors (Lipinski definition) is 4. The molecule has 0 bridgehead atoms. The van der Waals surface area contributed by atoms with Gasteiger partial charge in [-0.2, -0.15) is 10.4 Å². The van der Waals surface area contributed by atoms with Gasteiger partial charge in [-0.25, -0.2) is 4.98 Å². The normalized spacial score (nSPS) is 21.7. The monoisotopic (exact) mass is 296 g/mol. The molecule has 6 heteroatoms. The molecule has 2 aliphatic heterocycles. The van der Waals surface area contributed by atoms with E-state index >= 15 is 0 Å². The zero-order chi connectivity index (χ0) is 14.9. The van der Waals surface area contributed by atoms with Gasteiger partial charge in [-0.3, -0.25) is 9.58 Å². The fraction of sp³-hybridized carbons (Fsp3) is 0.562. The van der Waals surface area contributed by atoms with E-state index in [1.165, 1.54) is 24.4 Å². The second kappa shape index (κ2) is 5.58. The van der Waals surface area contributed by atoms with Gasteiger partial charge in [-0.1, -0.05) is 0 Å². The van der Waals surface area contributed by atoms with Crippen LogP contribution in [0.2, 0.25) is 0 Å². The summed E-state index contributed by atoms with van der Waals surface area (Å²) in [6.45, 7) is 4.08. The summed E-state index contributed by atoms with van der Waals surface area (Å²) in [6.07, 6.45) is 10.5. The number of nitrogens with zero attached hydrogens (tertiary/aromatic N) is 6. The van der Waals surface area contributed by atoms with Crippen LogP contribution in [0.5, 0.6) is 0 Å². The number of fused-ring (bicyclic) bond motifs is 1. The Bertz CT molecular complexity index is 683. The molecule has 0 saturated carbocycles. The van der Waals surface area contributed by atoms with Crippen molar-refractivity contribution in [1.29, 1.82) is 5.26 Å². The zero-order valence-electron chi connectivity index (χ0n) is 12.6. The van der Waals surface area contributed by atoms with Crippen LogP contribution in [0.1, 0.15) is 42.4 Å². The first kappa shape index (κ1) is 13.5. The van der Waals surface area contributed by atoms with Gasteiger partial charge in [0.2, 0.25) is 0 Å². The van der Waals surface area contributed by atoms with Crippen molar-refractivity contribution in [2.75, 3.05) is 13.1 Å². The maximum atomic E-state index is 8.90. The van der Waals surface area contributed by atoms with E-state index in [2.05, 4.69) is 26.8 Å². The Balaban J connectivity index is 1.40. The lowest BCUT2D eigenvalue weighted by Gasteiger charge is -2.14. The number of hydrogen-bond donors (Lipinski definition) is 0. The fourth-order valence-corrected chi connectivity index (χ4v) is 3.54. The molecular formula is C16H20N6. The summed E-state index contributed by atoms with van der Waals surface area (Å²) < 4.78 is 4.26. The Kier molecular flexibility index (Phi) is 3.43. The van der Waals surface area contributed by atoms with Crippen LogP contribution in [0, 0.1) is 11.3 Å². The van der Waals surface area contributed by atoms with Crippen LogP contribution in [0.4, 0.5) is 0 Å². The topological polar surface area (TPSA) is 62.7 Å². The summed E-state index contributed by atoms with van der Waals surface area (Å²) in [5.74, 6) is 1.25. The van der Waals surface area contributed by atoms with Crippen LogP contribution in [0.3, 0.4) is 0 Å². The Labute approximate surface area is 130 Å². The smallest absolute Gasteiger partial charge is 0.109 e. The highest BCUT2D eigenvalue weighted by Gasteiger charge is 2.25. The molecule has 1 saturated heterocycles. The Morgan fingerprint density at radius 1 is 1.27 bits per heavy atom. The third-order valence-corrected chi connectivity index (χ3v) is 4.70. The first-order chi connectivity index (χ1) is 10.8. The van der Waals surface area contributed by atoms with Gasteiger partial charge in [0.25, 0.3) is 0 Å². The zero-order valence-corrected chi connectivity index (χ0v) is 12.6. The minimum absolute atomic E-state index is 0.374. The Hall–Kier alpha value is -2.13. The average Bonchev–Trinajstić information content (AvgIpc) is 3.25. The fourth-order valence-electron chi connectivity index (χ4n) is 3.54. The highest BCUT2D eigenvalue weighted by Crippen LogP contribution is 2.23. The Morgan fingerprint density at radius 3 is 3.05 bits per heavy atom. The highest BCUT2D eigenvalue weighted by atomic mass is 15.3. The van der Waals surface area contributed by atoms with Gasteiger partial charge in [0.1, 0.15) is 11.9 Å². The van der Waals surface area contributed by atoms with Crippen LogP contribution in [0.15, 0.2) is 18.6 Å². The van der Waals surface area contributed by atoms with Crippen molar-refractivity contribution in [2.24, 2.45) is 0 Å². The third kappa shape index (κ3) is 2.53. The van der Waals surface area contributed by atoms with Crippen LogP contribution in [0.25, 0.3) is 0 Å². The standard InChI is InChI=1S/C16H20N6/c17-7-13-8-18-22(9-13)15-4-6-20(12-15)10-14-11-21-5-2-1-3-16(21)19-14/h8-9,11,15H,1-6,10,12H2. The van der Waals surface area contributed by atoms with Crippen molar-refractivity contribution < 1.29 is 0 Å². The SMILES string of the molecule is N#Cc1cnn(C2CCN(Cc3cn4c(n3)CCCC4)C2)c1. The molecule has 0 aliphatic carbocycles. The molecule has 0 aromatic carbocycles. The average molecular weight is 296 g/mol. The van der Waals surface area contributed by atoms with Gasteiger partial charge in [0, 0.05) is 45.0 Å². The minimum Gasteiger partial charge on any atom is -0.335 e. The maximum absolute atomic E-state index is 8.90. The second-order valence-electron chi connectivity index (χ2n) is 6.30. The van der Waals surface area contributed by atoms with E-state index in [9.17, 15) is 0 Å². The summed E-state index contributed by atoms with van der Waals surface area (Å²) >= 11 is 0. The highest BCUT2D eigenvalue weighted by molar-refractivity contribution is 5.22. The van der Waals surface area contributed by atoms with E-state index in [0.717, 1.165) is 39.0 Å². The molecule has 2 aliphatic rings. The van der Waals surface area contributed by atoms with Gasteiger partial charge in [-0.15, -0.1) is 0 Å². The molecule has 1 atom stereocenters. The van der Waals surface area contributed by atoms with Gasteiger partial charge in [-0.05, 0) is 19.3 Å². The van der Waals surface area contributed by atoms with Crippen LogP contribution < -0.4 is 0 Å². The largest absolute Gasteiger partial charge is 0.335 e. The van der Waals surface area contributed by atoms with Crippen molar-refractivity contribution in [3.63, 3.8) is 0 Å². The maximum Gasteiger partial charge on any atom is 0.109 e. The van der Waals surface area contributed by atoms with Gasteiger partial charge in [0.15, 0.2) is 0 Å². The lowest BCUT2D eigenvalue weighted by Crippen LogP contribution is -2.21. The van der Waals surface area contributed by atoms with Crippen LogP contribution >= 0.6 is 0 Å². The molecule has 22 heavy (non-hydrogen) atoms. The summed E-state index contributed by atoms with van der Waals surface area (Å²) in [4.78, 5) is 7.22. The summed E-state index contributed by atoms with van der Waals surface area (Å²) in [7, 11) is 0. The molecule has 0 amide bonds. The van der Waals surface area contributed by atoms with Gasteiger partial charge in [0.05, 0.1) is 23.5 Å². The number of aryl methyl sites for hydroxylation is 2. The molecule has 1 fully saturated rings. The van der Waals surface area contributed by atoms with Gasteiger partial charge < -0.3 is 4.57 Å². The molecule has 6 nitrogen and oxygen atoms in total. The molecule has 0 radical (unpaired) electrons. The van der Waals surface area contributed by atoms with E-state index in [4.69, 9.17) is 10.2 Å². The summed E-state index contributed by atoms with van der Waals surface area (Å²) in [6, 6.07) is 2.51. The van der Waals surface area contributed by atoms with Crippen LogP contribution in [-0.4, -0.2) is 37.3 Å². The lowest BCUT2D eigenvalue weighted by atomic mass is 10.2. The van der Waals surface area contributed by atoms with E-state index in [1.54, 1.807) is 6.20 Å². The number of rotatable bonds is 3. The number of nitriles is 1. The molecule has 4 rings (SSSR count). The van der Waals surface area contributed by atoms with E-state index in [-0.39, 0.29) is 0 Å². The number of imidazole rings is 1. The molecular weight excluding hydrogens is 276 g/mol. The first-order valence-corrected chi connectivity index (χ1v) is 8.03. The predicted molar refractivity (Wildman–Crippen MR) is 81.0 cm³/mol. The first-order valence-electron chi connectivity index (χ1n) is 8.03. The third-order valence-electron chi connectivity index (χ3n) is 4.70. The van der Waals surface area contributed by atoms with E-state index < -0.39 is 0 Å². The molecule has 2 aromatic rings. The van der Waals surface area contributed by atoms with Crippen molar-refractivity contribution >= 4 is 0 Å². The molecule has 4 heterocycles. The molecule has 1 unspecified atom stereocenters. The predicted octanol–water partition coefficient (Wildman–Crippen LogP) is 1.73. The molecule has 0 N–H and O–H groups in total. The van der Waals surface area contributed by atoms with Crippen molar-refractivity contribution in [1.82, 2.24) is 24.2 Å². The number of likely N-dealkylation sites (tertiary alicyclic amines) is 1. The Morgan fingerprint density at radius 2 is 2.23 bits per heavy atom. The summed E-state index contributed by atoms with van der Waals surface area (Å²) in [5, 5.41) is 13.2. The molecule has 2 aromatic heterocycles. The summed E-state index contributed by atoms with van der Waals surface area (Å²) in [5.41, 5.74) is 1.83. The van der Waals surface area contributed by atoms with Crippen molar-refractivity contribution in [3.05, 3.63) is 35.7 Å². The lowest BCUT2D eigenvalue weighted by molar-refractivity contribution is 0.308. The van der Waals surface area contributed by atoms with Crippen molar-refractivity contribution in [2.45, 2.75) is 44.8 Å². The van der Waals surface area contributed by atoms with Gasteiger partial charge >= 0.3 is 0 Å². The second-order valence-corrected chi connectivity index (χ2v) is 6.30. The van der Waals surface area contributed by atoms with E-state index in [0.29, 0.717) is 11.6 Å². The van der Waals surface area contributed by atoms with E-state index in [1.807, 2.05) is 10.9 Å². The molecule has 0 spiro atoms.